The maximum atomic E-state index is 12.6. The molecule has 1 aliphatic heterocycles. The van der Waals surface area contributed by atoms with E-state index in [1.54, 1.807) is 0 Å². The predicted octanol–water partition coefficient (Wildman–Crippen LogP) is 4.83. The van der Waals surface area contributed by atoms with Gasteiger partial charge in [0.1, 0.15) is 0 Å². The molecule has 2 aromatic carbocycles. The molecule has 4 rings (SSSR count). The fraction of sp³-hybridized carbons (Fsp3) is 0.333. The Kier molecular flexibility index (Phi) is 7.88. The average molecular weight is 429 g/mol. The van der Waals surface area contributed by atoms with Crippen LogP contribution in [-0.2, 0) is 12.8 Å². The Morgan fingerprint density at radius 2 is 1.59 bits per heavy atom. The van der Waals surface area contributed by atoms with Crippen LogP contribution < -0.4 is 10.6 Å². The molecule has 5 heteroatoms. The van der Waals surface area contributed by atoms with Gasteiger partial charge in [-0.2, -0.15) is 0 Å². The van der Waals surface area contributed by atoms with E-state index >= 15 is 0 Å². The molecule has 0 radical (unpaired) electrons. The summed E-state index contributed by atoms with van der Waals surface area (Å²) in [4.78, 5) is 19.1. The monoisotopic (exact) mass is 428 g/mol. The number of hydrogen-bond donors (Lipinski definition) is 2. The lowest BCUT2D eigenvalue weighted by molar-refractivity contribution is 0.0952. The summed E-state index contributed by atoms with van der Waals surface area (Å²) in [5.41, 5.74) is 5.20. The molecule has 0 aliphatic carbocycles. The van der Waals surface area contributed by atoms with Gasteiger partial charge in [-0.25, -0.2) is 0 Å². The molecule has 5 nitrogen and oxygen atoms in total. The van der Waals surface area contributed by atoms with Crippen LogP contribution in [0.5, 0.6) is 0 Å². The van der Waals surface area contributed by atoms with E-state index in [2.05, 4.69) is 56.9 Å². The van der Waals surface area contributed by atoms with Crippen LogP contribution in [-0.4, -0.2) is 42.0 Å². The molecule has 32 heavy (non-hydrogen) atoms. The molecule has 3 aromatic rings. The van der Waals surface area contributed by atoms with Crippen LogP contribution in [0.25, 0.3) is 0 Å². The van der Waals surface area contributed by atoms with E-state index in [9.17, 15) is 4.79 Å². The highest BCUT2D eigenvalue weighted by atomic mass is 16.1. The predicted molar refractivity (Wildman–Crippen MR) is 130 cm³/mol. The second-order valence-electron chi connectivity index (χ2n) is 8.42. The van der Waals surface area contributed by atoms with Gasteiger partial charge >= 0.3 is 0 Å². The largest absolute Gasteiger partial charge is 0.355 e. The van der Waals surface area contributed by atoms with E-state index in [0.29, 0.717) is 12.1 Å². The van der Waals surface area contributed by atoms with Crippen LogP contribution in [0.4, 0.5) is 11.4 Å². The quantitative estimate of drug-likeness (QED) is 0.454. The van der Waals surface area contributed by atoms with E-state index in [4.69, 9.17) is 0 Å². The van der Waals surface area contributed by atoms with E-state index < -0.39 is 0 Å². The molecule has 1 amide bonds. The molecule has 0 saturated carbocycles. The molecule has 0 atom stereocenters. The topological polar surface area (TPSA) is 57.3 Å². The van der Waals surface area contributed by atoms with Crippen LogP contribution >= 0.6 is 0 Å². The summed E-state index contributed by atoms with van der Waals surface area (Å²) >= 11 is 0. The van der Waals surface area contributed by atoms with Crippen LogP contribution in [0.2, 0.25) is 0 Å². The van der Waals surface area contributed by atoms with Gasteiger partial charge in [-0.1, -0.05) is 18.2 Å². The van der Waals surface area contributed by atoms with Gasteiger partial charge in [0.25, 0.3) is 5.91 Å². The average Bonchev–Trinajstić information content (AvgIpc) is 3.35. The number of amides is 1. The number of aryl methyl sites for hydroxylation is 2. The van der Waals surface area contributed by atoms with Crippen molar-refractivity contribution in [3.8, 4) is 0 Å². The number of carbonyl (C=O) groups excluding carboxylic acids is 1. The zero-order valence-corrected chi connectivity index (χ0v) is 18.6. The first-order valence-electron chi connectivity index (χ1n) is 11.6. The Morgan fingerprint density at radius 1 is 0.875 bits per heavy atom. The Hall–Kier alpha value is -3.18. The van der Waals surface area contributed by atoms with Crippen molar-refractivity contribution in [3.63, 3.8) is 0 Å². The van der Waals surface area contributed by atoms with Crippen molar-refractivity contribution < 1.29 is 4.79 Å². The SMILES string of the molecule is O=C(NCCCN1CCCC1)c1cccc(Nc2cccc(CCc3ccncc3)c2)c1. The molecule has 1 aromatic heterocycles. The molecule has 0 spiro atoms. The van der Waals surface area contributed by atoms with Crippen molar-refractivity contribution in [2.24, 2.45) is 0 Å². The second-order valence-corrected chi connectivity index (χ2v) is 8.42. The number of likely N-dealkylation sites (tertiary alicyclic amines) is 1. The minimum absolute atomic E-state index is 0.0128. The van der Waals surface area contributed by atoms with Crippen LogP contribution in [0, 0.1) is 0 Å². The third-order valence-electron chi connectivity index (χ3n) is 5.93. The maximum Gasteiger partial charge on any atom is 0.251 e. The van der Waals surface area contributed by atoms with Gasteiger partial charge in [0, 0.05) is 35.9 Å². The number of aromatic nitrogens is 1. The Bertz CT molecular complexity index is 999. The Balaban J connectivity index is 1.28. The zero-order chi connectivity index (χ0) is 22.0. The molecule has 166 valence electrons. The number of pyridine rings is 1. The van der Waals surface area contributed by atoms with Crippen molar-refractivity contribution in [1.29, 1.82) is 0 Å². The highest BCUT2D eigenvalue weighted by Gasteiger charge is 2.11. The number of carbonyl (C=O) groups is 1. The van der Waals surface area contributed by atoms with Crippen molar-refractivity contribution in [2.75, 3.05) is 31.5 Å². The number of hydrogen-bond acceptors (Lipinski definition) is 4. The molecule has 1 saturated heterocycles. The van der Waals surface area contributed by atoms with Crippen LogP contribution in [0.3, 0.4) is 0 Å². The molecule has 0 unspecified atom stereocenters. The second kappa shape index (κ2) is 11.4. The first-order chi connectivity index (χ1) is 15.8. The van der Waals surface area contributed by atoms with Crippen molar-refractivity contribution in [2.45, 2.75) is 32.1 Å². The van der Waals surface area contributed by atoms with E-state index in [-0.39, 0.29) is 5.91 Å². The lowest BCUT2D eigenvalue weighted by Gasteiger charge is -2.14. The normalized spacial score (nSPS) is 13.8. The lowest BCUT2D eigenvalue weighted by Crippen LogP contribution is -2.28. The lowest BCUT2D eigenvalue weighted by atomic mass is 10.0. The third-order valence-corrected chi connectivity index (χ3v) is 5.93. The molecule has 1 aliphatic rings. The summed E-state index contributed by atoms with van der Waals surface area (Å²) in [6, 6.07) is 20.3. The summed E-state index contributed by atoms with van der Waals surface area (Å²) in [6.07, 6.45) is 9.24. The molecule has 0 bridgehead atoms. The molecule has 1 fully saturated rings. The minimum Gasteiger partial charge on any atom is -0.355 e. The summed E-state index contributed by atoms with van der Waals surface area (Å²) in [6.45, 7) is 4.19. The highest BCUT2D eigenvalue weighted by molar-refractivity contribution is 5.95. The van der Waals surface area contributed by atoms with Gasteiger partial charge in [-0.15, -0.1) is 0 Å². The smallest absolute Gasteiger partial charge is 0.251 e. The summed E-state index contributed by atoms with van der Waals surface area (Å²) < 4.78 is 0. The first kappa shape index (κ1) is 22.0. The van der Waals surface area contributed by atoms with Crippen molar-refractivity contribution >= 4 is 17.3 Å². The maximum absolute atomic E-state index is 12.6. The van der Waals surface area contributed by atoms with Crippen molar-refractivity contribution in [3.05, 3.63) is 89.7 Å². The minimum atomic E-state index is -0.0128. The Labute approximate surface area is 190 Å². The van der Waals surface area contributed by atoms with E-state index in [1.165, 1.54) is 37.1 Å². The summed E-state index contributed by atoms with van der Waals surface area (Å²) in [7, 11) is 0. The third kappa shape index (κ3) is 6.66. The molecular weight excluding hydrogens is 396 g/mol. The van der Waals surface area contributed by atoms with Crippen LogP contribution in [0.15, 0.2) is 73.1 Å². The first-order valence-corrected chi connectivity index (χ1v) is 11.6. The number of benzene rings is 2. The number of anilines is 2. The van der Waals surface area contributed by atoms with Gasteiger partial charge in [0.05, 0.1) is 0 Å². The summed E-state index contributed by atoms with van der Waals surface area (Å²) in [5.74, 6) is -0.0128. The zero-order valence-electron chi connectivity index (χ0n) is 18.6. The van der Waals surface area contributed by atoms with Gasteiger partial charge in [-0.3, -0.25) is 9.78 Å². The fourth-order valence-electron chi connectivity index (χ4n) is 4.16. The standard InChI is InChI=1S/C27H32N4O/c32-27(29-14-5-19-31-17-1-2-18-31)24-7-4-9-26(21-24)30-25-8-3-6-23(20-25)11-10-22-12-15-28-16-13-22/h3-4,6-9,12-13,15-16,20-21,30H,1-2,5,10-11,14,17-19H2,(H,29,32). The summed E-state index contributed by atoms with van der Waals surface area (Å²) in [5, 5.41) is 6.50. The number of nitrogens with one attached hydrogen (secondary N) is 2. The van der Waals surface area contributed by atoms with Gasteiger partial charge in [0.15, 0.2) is 0 Å². The Morgan fingerprint density at radius 3 is 2.41 bits per heavy atom. The fourth-order valence-corrected chi connectivity index (χ4v) is 4.16. The van der Waals surface area contributed by atoms with Gasteiger partial charge in [0.2, 0.25) is 0 Å². The van der Waals surface area contributed by atoms with Crippen molar-refractivity contribution in [1.82, 2.24) is 15.2 Å². The van der Waals surface area contributed by atoms with E-state index in [0.717, 1.165) is 37.2 Å². The molecule has 2 N–H and O–H groups in total. The van der Waals surface area contributed by atoms with E-state index in [1.807, 2.05) is 36.7 Å². The van der Waals surface area contributed by atoms with Gasteiger partial charge in [-0.05, 0) is 105 Å². The number of rotatable bonds is 10. The molecule has 2 heterocycles. The van der Waals surface area contributed by atoms with Gasteiger partial charge < -0.3 is 15.5 Å². The highest BCUT2D eigenvalue weighted by Crippen LogP contribution is 2.20. The van der Waals surface area contributed by atoms with Crippen LogP contribution in [0.1, 0.15) is 40.7 Å². The number of nitrogens with zero attached hydrogens (tertiary/aromatic N) is 2. The molecular formula is C27H32N4O.